The zero-order chi connectivity index (χ0) is 29.7. The number of aryl methyl sites for hydroxylation is 1. The number of methoxy groups -OCH3 is 1. The van der Waals surface area contributed by atoms with E-state index >= 15 is 0 Å². The second kappa shape index (κ2) is 15.3. The van der Waals surface area contributed by atoms with Crippen molar-refractivity contribution in [2.75, 3.05) is 23.1 Å². The molecule has 2 aromatic carbocycles. The Kier molecular flexibility index (Phi) is 12.2. The van der Waals surface area contributed by atoms with E-state index in [1.165, 1.54) is 0 Å². The number of rotatable bonds is 11. The Labute approximate surface area is 231 Å². The number of carboxylic acid groups (broad SMARTS) is 1. The van der Waals surface area contributed by atoms with Crippen LogP contribution in [0, 0.1) is 6.92 Å². The van der Waals surface area contributed by atoms with Crippen LogP contribution in [-0.2, 0) is 16.0 Å². The number of hydrogen-bond acceptors (Lipinski definition) is 7. The van der Waals surface area contributed by atoms with Crippen molar-refractivity contribution >= 4 is 29.3 Å². The smallest absolute Gasteiger partial charge is 0.490 e. The summed E-state index contributed by atoms with van der Waals surface area (Å²) in [6.07, 6.45) is -2.46. The lowest BCUT2D eigenvalue weighted by Crippen LogP contribution is -2.37. The van der Waals surface area contributed by atoms with Crippen molar-refractivity contribution in [2.24, 2.45) is 0 Å². The normalized spacial score (nSPS) is 12.3. The molecule has 0 aliphatic heterocycles. The Bertz CT molecular complexity index is 1220. The third-order valence-electron chi connectivity index (χ3n) is 5.47. The van der Waals surface area contributed by atoms with Gasteiger partial charge in [-0.15, -0.1) is 0 Å². The Balaban J connectivity index is 0.000000708. The van der Waals surface area contributed by atoms with Gasteiger partial charge in [0.1, 0.15) is 17.6 Å². The fourth-order valence-corrected chi connectivity index (χ4v) is 3.57. The van der Waals surface area contributed by atoms with E-state index < -0.39 is 18.2 Å². The number of anilines is 3. The number of benzene rings is 2. The molecule has 0 saturated heterocycles. The Morgan fingerprint density at radius 3 is 2.20 bits per heavy atom. The lowest BCUT2D eigenvalue weighted by Gasteiger charge is -2.20. The van der Waals surface area contributed by atoms with Gasteiger partial charge in [-0.2, -0.15) is 18.2 Å². The highest BCUT2D eigenvalue weighted by Gasteiger charge is 2.38. The summed E-state index contributed by atoms with van der Waals surface area (Å²) in [5.41, 5.74) is 2.59. The number of carbonyl (C=O) groups excluding carboxylic acids is 1. The van der Waals surface area contributed by atoms with Gasteiger partial charge in [0, 0.05) is 29.9 Å². The van der Waals surface area contributed by atoms with Gasteiger partial charge in [-0.3, -0.25) is 4.79 Å². The molecule has 0 aliphatic rings. The number of aromatic nitrogens is 2. The second-order valence-corrected chi connectivity index (χ2v) is 8.96. The number of aliphatic carboxylic acids is 1. The minimum Gasteiger partial charge on any atom is -0.497 e. The first-order chi connectivity index (χ1) is 18.9. The molecule has 1 unspecified atom stereocenters. The van der Waals surface area contributed by atoms with Crippen LogP contribution in [0.25, 0.3) is 0 Å². The number of carboxylic acids is 1. The minimum absolute atomic E-state index is 0.144. The molecular weight excluding hydrogens is 527 g/mol. The molecule has 0 aliphatic carbocycles. The molecule has 12 heteroatoms. The van der Waals surface area contributed by atoms with Crippen LogP contribution >= 0.6 is 0 Å². The van der Waals surface area contributed by atoms with Crippen molar-refractivity contribution in [1.82, 2.24) is 9.97 Å². The quantitative estimate of drug-likeness (QED) is 0.235. The van der Waals surface area contributed by atoms with Crippen LogP contribution in [0.4, 0.5) is 30.6 Å². The van der Waals surface area contributed by atoms with Crippen LogP contribution in [-0.4, -0.2) is 52.3 Å². The molecule has 40 heavy (non-hydrogen) atoms. The summed E-state index contributed by atoms with van der Waals surface area (Å²) in [5, 5.41) is 16.8. The molecule has 0 radical (unpaired) electrons. The van der Waals surface area contributed by atoms with Crippen molar-refractivity contribution < 1.29 is 32.6 Å². The van der Waals surface area contributed by atoms with Gasteiger partial charge >= 0.3 is 12.1 Å². The summed E-state index contributed by atoms with van der Waals surface area (Å²) in [6.45, 7) is 6.19. The molecule has 0 saturated carbocycles. The molecule has 1 amide bonds. The van der Waals surface area contributed by atoms with Gasteiger partial charge in [-0.25, -0.2) is 9.78 Å². The molecule has 4 N–H and O–H groups in total. The largest absolute Gasteiger partial charge is 0.497 e. The number of halogens is 3. The first-order valence-electron chi connectivity index (χ1n) is 12.6. The third-order valence-corrected chi connectivity index (χ3v) is 5.47. The zero-order valence-electron chi connectivity index (χ0n) is 22.7. The van der Waals surface area contributed by atoms with Crippen LogP contribution in [0.5, 0.6) is 5.75 Å². The predicted molar refractivity (Wildman–Crippen MR) is 148 cm³/mol. The van der Waals surface area contributed by atoms with Gasteiger partial charge < -0.3 is 25.8 Å². The van der Waals surface area contributed by atoms with E-state index in [-0.39, 0.29) is 11.9 Å². The number of carbonyl (C=O) groups is 2. The lowest BCUT2D eigenvalue weighted by atomic mass is 10.0. The van der Waals surface area contributed by atoms with E-state index in [4.69, 9.17) is 14.6 Å². The lowest BCUT2D eigenvalue weighted by molar-refractivity contribution is -0.192. The number of hydrogen-bond donors (Lipinski definition) is 4. The van der Waals surface area contributed by atoms with Crippen molar-refractivity contribution in [1.29, 1.82) is 0 Å². The van der Waals surface area contributed by atoms with Crippen LogP contribution in [0.2, 0.25) is 0 Å². The highest BCUT2D eigenvalue weighted by Crippen LogP contribution is 2.18. The standard InChI is InChI=1S/C26H33N5O2.C2HF3O2/c1-5-9-18(2)27-26-28-19(3)16-24(31-26)30-23(17-20-10-7-6-8-11-20)25(32)29-21-12-14-22(33-4)15-13-21;3-2(4,5)1(6)7/h6-8,10-16,18,23H,5,9,17H2,1-4H3,(H,29,32)(H2,27,28,30,31);(H,6,7)/t18?,23-;/m0./s1. The first kappa shape index (κ1) is 31.9. The number of alkyl halides is 3. The zero-order valence-corrected chi connectivity index (χ0v) is 22.7. The van der Waals surface area contributed by atoms with Crippen molar-refractivity contribution in [2.45, 2.75) is 58.3 Å². The van der Waals surface area contributed by atoms with E-state index in [1.807, 2.05) is 67.6 Å². The topological polar surface area (TPSA) is 125 Å². The Hall–Kier alpha value is -4.35. The molecule has 3 rings (SSSR count). The fraction of sp³-hybridized carbons (Fsp3) is 0.357. The SMILES string of the molecule is CCCC(C)Nc1nc(C)cc(N[C@@H](Cc2ccccc2)C(=O)Nc2ccc(OC)cc2)n1.O=C(O)C(F)(F)F. The highest BCUT2D eigenvalue weighted by molar-refractivity contribution is 5.96. The molecule has 3 aromatic rings. The maximum atomic E-state index is 13.2. The summed E-state index contributed by atoms with van der Waals surface area (Å²) >= 11 is 0. The number of nitrogens with one attached hydrogen (secondary N) is 3. The van der Waals surface area contributed by atoms with Crippen molar-refractivity contribution in [3.8, 4) is 5.75 Å². The van der Waals surface area contributed by atoms with Crippen LogP contribution < -0.4 is 20.7 Å². The van der Waals surface area contributed by atoms with Gasteiger partial charge in [-0.1, -0.05) is 43.7 Å². The fourth-order valence-electron chi connectivity index (χ4n) is 3.57. The molecule has 0 fully saturated rings. The molecule has 1 aromatic heterocycles. The summed E-state index contributed by atoms with van der Waals surface area (Å²) < 4.78 is 36.9. The average molecular weight is 562 g/mol. The van der Waals surface area contributed by atoms with E-state index in [2.05, 4.69) is 39.8 Å². The van der Waals surface area contributed by atoms with Gasteiger partial charge in [0.05, 0.1) is 7.11 Å². The summed E-state index contributed by atoms with van der Waals surface area (Å²) in [7, 11) is 1.61. The Morgan fingerprint density at radius 2 is 1.65 bits per heavy atom. The van der Waals surface area contributed by atoms with E-state index in [1.54, 1.807) is 7.11 Å². The average Bonchev–Trinajstić information content (AvgIpc) is 2.89. The predicted octanol–water partition coefficient (Wildman–Crippen LogP) is 5.69. The number of amides is 1. The first-order valence-corrected chi connectivity index (χ1v) is 12.6. The second-order valence-electron chi connectivity index (χ2n) is 8.96. The van der Waals surface area contributed by atoms with E-state index in [0.29, 0.717) is 23.9 Å². The third kappa shape index (κ3) is 11.2. The van der Waals surface area contributed by atoms with Gasteiger partial charge in [0.15, 0.2) is 0 Å². The van der Waals surface area contributed by atoms with Gasteiger partial charge in [-0.05, 0) is 50.1 Å². The number of nitrogens with zero attached hydrogens (tertiary/aromatic N) is 2. The van der Waals surface area contributed by atoms with E-state index in [0.717, 1.165) is 29.8 Å². The van der Waals surface area contributed by atoms with Crippen molar-refractivity contribution in [3.05, 3.63) is 71.9 Å². The summed E-state index contributed by atoms with van der Waals surface area (Å²) in [5.74, 6) is -0.991. The number of ether oxygens (including phenoxy) is 1. The molecule has 2 atom stereocenters. The molecule has 0 spiro atoms. The minimum atomic E-state index is -5.08. The van der Waals surface area contributed by atoms with E-state index in [9.17, 15) is 18.0 Å². The monoisotopic (exact) mass is 561 g/mol. The van der Waals surface area contributed by atoms with Crippen molar-refractivity contribution in [3.63, 3.8) is 0 Å². The highest BCUT2D eigenvalue weighted by atomic mass is 19.4. The van der Waals surface area contributed by atoms with Crippen LogP contribution in [0.15, 0.2) is 60.7 Å². The summed E-state index contributed by atoms with van der Waals surface area (Å²) in [4.78, 5) is 31.3. The summed E-state index contributed by atoms with van der Waals surface area (Å²) in [6, 6.07) is 18.8. The van der Waals surface area contributed by atoms with Gasteiger partial charge in [0.2, 0.25) is 11.9 Å². The maximum Gasteiger partial charge on any atom is 0.490 e. The molecule has 216 valence electrons. The van der Waals surface area contributed by atoms with Gasteiger partial charge in [0.25, 0.3) is 0 Å². The Morgan fingerprint density at radius 1 is 1.02 bits per heavy atom. The maximum absolute atomic E-state index is 13.2. The molecule has 0 bridgehead atoms. The molecular formula is C28H34F3N5O4. The molecule has 9 nitrogen and oxygen atoms in total. The van der Waals surface area contributed by atoms with Crippen LogP contribution in [0.1, 0.15) is 37.9 Å². The molecule has 1 heterocycles. The van der Waals surface area contributed by atoms with Crippen LogP contribution in [0.3, 0.4) is 0 Å².